The molecule has 218 valence electrons. The number of furan rings is 1. The average molecular weight is 619 g/mol. The highest BCUT2D eigenvalue weighted by molar-refractivity contribution is 7.27. The van der Waals surface area contributed by atoms with Crippen molar-refractivity contribution in [3.8, 4) is 17.2 Å². The Bertz CT molecular complexity index is 3090. The molecule has 11 aromatic rings. The molecule has 0 unspecified atom stereocenters. The summed E-state index contributed by atoms with van der Waals surface area (Å²) in [7, 11) is 0. The molecule has 0 saturated heterocycles. The van der Waals surface area contributed by atoms with Gasteiger partial charge < -0.3 is 4.42 Å². The van der Waals surface area contributed by atoms with Gasteiger partial charge in [-0.3, -0.25) is 4.57 Å². The standard InChI is InChI=1S/C41H22N4OS/c1-2-12-26-25(11-1)35-29-15-9-21-42-40(29)45(38(35)39-36(26)28-14-5-8-18-34(28)47-39)41-43-31-16-6-3-13-27(31)37(44-41)23-19-20-33-30(22-23)24-10-4-7-17-32(24)46-33/h1-22H. The van der Waals surface area contributed by atoms with E-state index in [9.17, 15) is 0 Å². The van der Waals surface area contributed by atoms with Crippen LogP contribution in [0.4, 0.5) is 0 Å². The van der Waals surface area contributed by atoms with Gasteiger partial charge in [-0.2, -0.15) is 0 Å². The second-order valence-electron chi connectivity index (χ2n) is 12.0. The van der Waals surface area contributed by atoms with E-state index in [-0.39, 0.29) is 0 Å². The van der Waals surface area contributed by atoms with Crippen molar-refractivity contribution in [3.63, 3.8) is 0 Å². The molecule has 0 bridgehead atoms. The Morgan fingerprint density at radius 2 is 1.26 bits per heavy atom. The third-order valence-electron chi connectivity index (χ3n) is 9.45. The number of aromatic nitrogens is 4. The van der Waals surface area contributed by atoms with E-state index < -0.39 is 0 Å². The number of hydrogen-bond acceptors (Lipinski definition) is 5. The Morgan fingerprint density at radius 1 is 0.553 bits per heavy atom. The summed E-state index contributed by atoms with van der Waals surface area (Å²) in [6.45, 7) is 0. The van der Waals surface area contributed by atoms with Crippen molar-refractivity contribution in [2.75, 3.05) is 0 Å². The molecule has 0 spiro atoms. The van der Waals surface area contributed by atoms with Crippen LogP contribution in [0.3, 0.4) is 0 Å². The number of pyridine rings is 1. The highest BCUT2D eigenvalue weighted by Gasteiger charge is 2.24. The molecule has 0 N–H and O–H groups in total. The van der Waals surface area contributed by atoms with Crippen LogP contribution in [0.2, 0.25) is 0 Å². The molecular weight excluding hydrogens is 597 g/mol. The van der Waals surface area contributed by atoms with Gasteiger partial charge >= 0.3 is 0 Å². The first-order chi connectivity index (χ1) is 23.3. The van der Waals surface area contributed by atoms with Crippen molar-refractivity contribution in [3.05, 3.63) is 134 Å². The summed E-state index contributed by atoms with van der Waals surface area (Å²) in [5.41, 5.74) is 6.43. The number of nitrogens with zero attached hydrogens (tertiary/aromatic N) is 4. The normalized spacial score (nSPS) is 12.3. The van der Waals surface area contributed by atoms with Gasteiger partial charge in [0.15, 0.2) is 0 Å². The molecule has 0 saturated carbocycles. The Morgan fingerprint density at radius 3 is 2.15 bits per heavy atom. The van der Waals surface area contributed by atoms with E-state index in [2.05, 4.69) is 108 Å². The van der Waals surface area contributed by atoms with Crippen molar-refractivity contribution in [1.29, 1.82) is 0 Å². The predicted molar refractivity (Wildman–Crippen MR) is 195 cm³/mol. The van der Waals surface area contributed by atoms with Gasteiger partial charge in [0.2, 0.25) is 5.95 Å². The summed E-state index contributed by atoms with van der Waals surface area (Å²) in [6, 6.07) is 44.4. The summed E-state index contributed by atoms with van der Waals surface area (Å²) in [5.74, 6) is 0.601. The fraction of sp³-hybridized carbons (Fsp3) is 0. The topological polar surface area (TPSA) is 56.7 Å². The molecule has 47 heavy (non-hydrogen) atoms. The molecule has 5 heterocycles. The molecule has 0 aliphatic carbocycles. The zero-order valence-electron chi connectivity index (χ0n) is 24.8. The average Bonchev–Trinajstić information content (AvgIpc) is 3.81. The van der Waals surface area contributed by atoms with Crippen molar-refractivity contribution < 1.29 is 4.42 Å². The number of fused-ring (bicyclic) bond motifs is 14. The number of benzene rings is 6. The number of hydrogen-bond donors (Lipinski definition) is 0. The molecule has 0 fully saturated rings. The van der Waals surface area contributed by atoms with Crippen LogP contribution >= 0.6 is 11.3 Å². The van der Waals surface area contributed by atoms with Crippen LogP contribution in [0.1, 0.15) is 0 Å². The van der Waals surface area contributed by atoms with E-state index in [0.29, 0.717) is 5.95 Å². The minimum Gasteiger partial charge on any atom is -0.456 e. The summed E-state index contributed by atoms with van der Waals surface area (Å²) in [6.07, 6.45) is 1.86. The smallest absolute Gasteiger partial charge is 0.237 e. The maximum Gasteiger partial charge on any atom is 0.237 e. The summed E-state index contributed by atoms with van der Waals surface area (Å²) >= 11 is 1.82. The highest BCUT2D eigenvalue weighted by Crippen LogP contribution is 2.47. The maximum atomic E-state index is 6.17. The lowest BCUT2D eigenvalue weighted by atomic mass is 9.99. The van der Waals surface area contributed by atoms with E-state index in [0.717, 1.165) is 60.6 Å². The third kappa shape index (κ3) is 3.39. The van der Waals surface area contributed by atoms with E-state index in [1.54, 1.807) is 0 Å². The fourth-order valence-electron chi connectivity index (χ4n) is 7.45. The van der Waals surface area contributed by atoms with E-state index in [1.165, 1.54) is 36.3 Å². The highest BCUT2D eigenvalue weighted by atomic mass is 32.1. The van der Waals surface area contributed by atoms with Crippen LogP contribution < -0.4 is 0 Å². The zero-order valence-corrected chi connectivity index (χ0v) is 25.6. The van der Waals surface area contributed by atoms with Gasteiger partial charge in [-0.15, -0.1) is 11.3 Å². The summed E-state index contributed by atoms with van der Waals surface area (Å²) < 4.78 is 10.8. The van der Waals surface area contributed by atoms with Gasteiger partial charge in [-0.05, 0) is 59.3 Å². The molecule has 0 amide bonds. The quantitative estimate of drug-likeness (QED) is 0.193. The molecule has 0 aliphatic heterocycles. The first kappa shape index (κ1) is 25.1. The van der Waals surface area contributed by atoms with Crippen molar-refractivity contribution in [2.45, 2.75) is 0 Å². The zero-order chi connectivity index (χ0) is 30.6. The van der Waals surface area contributed by atoms with Gasteiger partial charge in [0, 0.05) is 54.2 Å². The number of thiophene rings is 1. The lowest BCUT2D eigenvalue weighted by Gasteiger charge is -2.12. The minimum atomic E-state index is 0.601. The SMILES string of the molecule is c1ccc2c(-c3ccc4oc5ccccc5c4c3)nc(-n3c4ncccc4c4c5ccccc5c5c6ccccc6sc5c43)nc2c1. The number of para-hydroxylation sites is 2. The van der Waals surface area contributed by atoms with Gasteiger partial charge in [-0.1, -0.05) is 78.9 Å². The Kier molecular flexibility index (Phi) is 4.93. The first-order valence-corrected chi connectivity index (χ1v) is 16.4. The van der Waals surface area contributed by atoms with E-state index in [1.807, 2.05) is 41.8 Å². The van der Waals surface area contributed by atoms with Crippen LogP contribution in [-0.4, -0.2) is 19.5 Å². The molecule has 11 rings (SSSR count). The van der Waals surface area contributed by atoms with Crippen molar-refractivity contribution >= 4 is 97.1 Å². The monoisotopic (exact) mass is 618 g/mol. The fourth-order valence-corrected chi connectivity index (χ4v) is 8.71. The van der Waals surface area contributed by atoms with Crippen LogP contribution in [0, 0.1) is 0 Å². The molecule has 6 aromatic carbocycles. The Balaban J connectivity index is 1.31. The second-order valence-corrected chi connectivity index (χ2v) is 13.0. The molecule has 0 atom stereocenters. The van der Waals surface area contributed by atoms with Crippen LogP contribution in [0.15, 0.2) is 138 Å². The van der Waals surface area contributed by atoms with Crippen LogP contribution in [0.5, 0.6) is 0 Å². The van der Waals surface area contributed by atoms with Crippen LogP contribution in [-0.2, 0) is 0 Å². The van der Waals surface area contributed by atoms with Crippen LogP contribution in [0.25, 0.3) is 103 Å². The number of rotatable bonds is 2. The van der Waals surface area contributed by atoms with Gasteiger partial charge in [-0.25, -0.2) is 15.0 Å². The van der Waals surface area contributed by atoms with Gasteiger partial charge in [0.25, 0.3) is 0 Å². The van der Waals surface area contributed by atoms with E-state index >= 15 is 0 Å². The third-order valence-corrected chi connectivity index (χ3v) is 10.6. The predicted octanol–water partition coefficient (Wildman–Crippen LogP) is 11.2. The molecular formula is C41H22N4OS. The van der Waals surface area contributed by atoms with Gasteiger partial charge in [0.1, 0.15) is 16.8 Å². The Labute approximate surface area is 271 Å². The largest absolute Gasteiger partial charge is 0.456 e. The molecule has 5 nitrogen and oxygen atoms in total. The molecule has 6 heteroatoms. The second kappa shape index (κ2) is 9.22. The lowest BCUT2D eigenvalue weighted by Crippen LogP contribution is -2.04. The minimum absolute atomic E-state index is 0.601. The summed E-state index contributed by atoms with van der Waals surface area (Å²) in [5, 5.41) is 10.4. The van der Waals surface area contributed by atoms with Crippen molar-refractivity contribution in [1.82, 2.24) is 19.5 Å². The van der Waals surface area contributed by atoms with Crippen molar-refractivity contribution in [2.24, 2.45) is 0 Å². The molecule has 5 aromatic heterocycles. The summed E-state index contributed by atoms with van der Waals surface area (Å²) in [4.78, 5) is 15.6. The Hall–Kier alpha value is -6.11. The maximum absolute atomic E-state index is 6.17. The van der Waals surface area contributed by atoms with Gasteiger partial charge in [0.05, 0.1) is 21.4 Å². The first-order valence-electron chi connectivity index (χ1n) is 15.6. The molecule has 0 radical (unpaired) electrons. The molecule has 0 aliphatic rings. The lowest BCUT2D eigenvalue weighted by molar-refractivity contribution is 0.669. The van der Waals surface area contributed by atoms with E-state index in [4.69, 9.17) is 19.4 Å².